The van der Waals surface area contributed by atoms with Crippen LogP contribution in [-0.4, -0.2) is 12.6 Å². The smallest absolute Gasteiger partial charge is 0.338 e. The zero-order valence-electron chi connectivity index (χ0n) is 8.83. The van der Waals surface area contributed by atoms with Gasteiger partial charge in [0.25, 0.3) is 0 Å². The lowest BCUT2D eigenvalue weighted by atomic mass is 10.2. The van der Waals surface area contributed by atoms with Crippen molar-refractivity contribution in [2.45, 2.75) is 26.2 Å². The van der Waals surface area contributed by atoms with E-state index < -0.39 is 0 Å². The van der Waals surface area contributed by atoms with E-state index in [1.807, 2.05) is 12.1 Å². The zero-order valence-corrected chi connectivity index (χ0v) is 10.4. The molecule has 0 aromatic heterocycles. The molecule has 1 rings (SSSR count). The third kappa shape index (κ3) is 4.47. The zero-order chi connectivity index (χ0) is 11.1. The molecule has 1 aromatic carbocycles. The largest absolute Gasteiger partial charge is 0.462 e. The SMILES string of the molecule is CCCCCOC(=O)c1cccc(Br)c1. The number of rotatable bonds is 5. The Bertz CT molecular complexity index is 323. The highest BCUT2D eigenvalue weighted by molar-refractivity contribution is 9.10. The van der Waals surface area contributed by atoms with E-state index in [1.165, 1.54) is 0 Å². The molecule has 0 spiro atoms. The van der Waals surface area contributed by atoms with Gasteiger partial charge in [-0.25, -0.2) is 4.79 Å². The standard InChI is InChI=1S/C12H15BrO2/c1-2-3-4-8-15-12(14)10-6-5-7-11(13)9-10/h5-7,9H,2-4,8H2,1H3. The van der Waals surface area contributed by atoms with Gasteiger partial charge in [0.05, 0.1) is 12.2 Å². The Kier molecular flexibility index (Phi) is 5.40. The number of carbonyl (C=O) groups excluding carboxylic acids is 1. The van der Waals surface area contributed by atoms with Gasteiger partial charge in [-0.1, -0.05) is 41.8 Å². The average molecular weight is 271 g/mol. The molecule has 0 amide bonds. The van der Waals surface area contributed by atoms with E-state index in [2.05, 4.69) is 22.9 Å². The maximum Gasteiger partial charge on any atom is 0.338 e. The lowest BCUT2D eigenvalue weighted by molar-refractivity contribution is 0.0498. The summed E-state index contributed by atoms with van der Waals surface area (Å²) in [7, 11) is 0. The Hall–Kier alpha value is -0.830. The second-order valence-corrected chi connectivity index (χ2v) is 4.27. The first-order chi connectivity index (χ1) is 7.24. The lowest BCUT2D eigenvalue weighted by Gasteiger charge is -2.04. The van der Waals surface area contributed by atoms with Crippen molar-refractivity contribution >= 4 is 21.9 Å². The first-order valence-electron chi connectivity index (χ1n) is 5.16. The van der Waals surface area contributed by atoms with Crippen molar-refractivity contribution in [1.82, 2.24) is 0 Å². The number of esters is 1. The van der Waals surface area contributed by atoms with Gasteiger partial charge in [0.2, 0.25) is 0 Å². The molecule has 0 N–H and O–H groups in total. The molecular formula is C12H15BrO2. The van der Waals surface area contributed by atoms with Gasteiger partial charge >= 0.3 is 5.97 Å². The highest BCUT2D eigenvalue weighted by atomic mass is 79.9. The van der Waals surface area contributed by atoms with Gasteiger partial charge in [-0.3, -0.25) is 0 Å². The predicted molar refractivity (Wildman–Crippen MR) is 63.9 cm³/mol. The maximum atomic E-state index is 11.5. The van der Waals surface area contributed by atoms with Crippen LogP contribution in [0.25, 0.3) is 0 Å². The highest BCUT2D eigenvalue weighted by Gasteiger charge is 2.06. The van der Waals surface area contributed by atoms with Gasteiger partial charge in [0, 0.05) is 4.47 Å². The molecule has 2 nitrogen and oxygen atoms in total. The molecule has 1 aromatic rings. The molecule has 3 heteroatoms. The number of hydrogen-bond acceptors (Lipinski definition) is 2. The van der Waals surface area contributed by atoms with Gasteiger partial charge in [-0.2, -0.15) is 0 Å². The van der Waals surface area contributed by atoms with Crippen LogP contribution in [-0.2, 0) is 4.74 Å². The minimum absolute atomic E-state index is 0.243. The summed E-state index contributed by atoms with van der Waals surface area (Å²) in [4.78, 5) is 11.5. The molecule has 82 valence electrons. The number of benzene rings is 1. The Morgan fingerprint density at radius 2 is 2.20 bits per heavy atom. The number of unbranched alkanes of at least 4 members (excludes halogenated alkanes) is 2. The van der Waals surface area contributed by atoms with Crippen LogP contribution in [0.15, 0.2) is 28.7 Å². The van der Waals surface area contributed by atoms with Crippen LogP contribution in [0.4, 0.5) is 0 Å². The summed E-state index contributed by atoms with van der Waals surface area (Å²) in [6.07, 6.45) is 3.18. The van der Waals surface area contributed by atoms with Gasteiger partial charge in [-0.05, 0) is 24.6 Å². The summed E-state index contributed by atoms with van der Waals surface area (Å²) in [6, 6.07) is 7.23. The fraction of sp³-hybridized carbons (Fsp3) is 0.417. The van der Waals surface area contributed by atoms with Crippen LogP contribution >= 0.6 is 15.9 Å². The van der Waals surface area contributed by atoms with Crippen LogP contribution in [0.3, 0.4) is 0 Å². The van der Waals surface area contributed by atoms with E-state index in [0.29, 0.717) is 12.2 Å². The Balaban J connectivity index is 2.40. The summed E-state index contributed by atoms with van der Waals surface area (Å²) in [5, 5.41) is 0. The van der Waals surface area contributed by atoms with Gasteiger partial charge < -0.3 is 4.74 Å². The van der Waals surface area contributed by atoms with Gasteiger partial charge in [0.15, 0.2) is 0 Å². The molecule has 0 aliphatic carbocycles. The van der Waals surface area contributed by atoms with Crippen molar-refractivity contribution in [2.75, 3.05) is 6.61 Å². The van der Waals surface area contributed by atoms with E-state index in [9.17, 15) is 4.79 Å². The summed E-state index contributed by atoms with van der Waals surface area (Å²) in [5.41, 5.74) is 0.598. The van der Waals surface area contributed by atoms with Crippen molar-refractivity contribution in [2.24, 2.45) is 0 Å². The molecule has 0 aliphatic rings. The molecule has 0 heterocycles. The topological polar surface area (TPSA) is 26.3 Å². The third-order valence-electron chi connectivity index (χ3n) is 2.04. The Labute approximate surface area is 98.8 Å². The first-order valence-corrected chi connectivity index (χ1v) is 5.96. The highest BCUT2D eigenvalue weighted by Crippen LogP contribution is 2.12. The Morgan fingerprint density at radius 3 is 2.87 bits per heavy atom. The lowest BCUT2D eigenvalue weighted by Crippen LogP contribution is -2.06. The van der Waals surface area contributed by atoms with Crippen molar-refractivity contribution in [3.8, 4) is 0 Å². The fourth-order valence-electron chi connectivity index (χ4n) is 1.22. The number of hydrogen-bond donors (Lipinski definition) is 0. The minimum Gasteiger partial charge on any atom is -0.462 e. The number of ether oxygens (including phenoxy) is 1. The first kappa shape index (κ1) is 12.2. The summed E-state index contributed by atoms with van der Waals surface area (Å²) in [6.45, 7) is 2.63. The number of carbonyl (C=O) groups is 1. The van der Waals surface area contributed by atoms with E-state index in [1.54, 1.807) is 12.1 Å². The maximum absolute atomic E-state index is 11.5. The summed E-state index contributed by atoms with van der Waals surface area (Å²) < 4.78 is 6.02. The molecule has 0 saturated heterocycles. The van der Waals surface area contributed by atoms with Crippen LogP contribution < -0.4 is 0 Å². The molecule has 0 bridgehead atoms. The van der Waals surface area contributed by atoms with E-state index >= 15 is 0 Å². The monoisotopic (exact) mass is 270 g/mol. The van der Waals surface area contributed by atoms with Crippen LogP contribution in [0.1, 0.15) is 36.5 Å². The minimum atomic E-state index is -0.243. The van der Waals surface area contributed by atoms with Crippen molar-refractivity contribution in [3.05, 3.63) is 34.3 Å². The van der Waals surface area contributed by atoms with Crippen LogP contribution in [0.2, 0.25) is 0 Å². The molecule has 0 fully saturated rings. The molecule has 0 aliphatic heterocycles. The predicted octanol–water partition coefficient (Wildman–Crippen LogP) is 3.80. The van der Waals surface area contributed by atoms with E-state index in [-0.39, 0.29) is 5.97 Å². The van der Waals surface area contributed by atoms with Crippen LogP contribution in [0.5, 0.6) is 0 Å². The van der Waals surface area contributed by atoms with E-state index in [0.717, 1.165) is 23.7 Å². The number of halogens is 1. The average Bonchev–Trinajstić information content (AvgIpc) is 2.24. The van der Waals surface area contributed by atoms with Gasteiger partial charge in [-0.15, -0.1) is 0 Å². The second-order valence-electron chi connectivity index (χ2n) is 3.35. The summed E-state index contributed by atoms with van der Waals surface area (Å²) >= 11 is 3.32. The van der Waals surface area contributed by atoms with E-state index in [4.69, 9.17) is 4.74 Å². The molecule has 0 unspecified atom stereocenters. The molecule has 0 radical (unpaired) electrons. The van der Waals surface area contributed by atoms with Gasteiger partial charge in [0.1, 0.15) is 0 Å². The van der Waals surface area contributed by atoms with Crippen LogP contribution in [0, 0.1) is 0 Å². The second kappa shape index (κ2) is 6.62. The normalized spacial score (nSPS) is 10.0. The summed E-state index contributed by atoms with van der Waals surface area (Å²) in [5.74, 6) is -0.243. The molecule has 0 saturated carbocycles. The molecule has 0 atom stereocenters. The van der Waals surface area contributed by atoms with Crippen molar-refractivity contribution in [1.29, 1.82) is 0 Å². The molecular weight excluding hydrogens is 256 g/mol. The third-order valence-corrected chi connectivity index (χ3v) is 2.53. The molecule has 15 heavy (non-hydrogen) atoms. The Morgan fingerprint density at radius 1 is 1.40 bits per heavy atom. The fourth-order valence-corrected chi connectivity index (χ4v) is 1.61. The van der Waals surface area contributed by atoms with Crippen molar-refractivity contribution < 1.29 is 9.53 Å². The van der Waals surface area contributed by atoms with Crippen molar-refractivity contribution in [3.63, 3.8) is 0 Å². The quantitative estimate of drug-likeness (QED) is 0.601.